The van der Waals surface area contributed by atoms with Gasteiger partial charge in [0.05, 0.1) is 13.2 Å². The lowest BCUT2D eigenvalue weighted by Crippen LogP contribution is -2.53. The molecule has 3 aliphatic carbocycles. The van der Waals surface area contributed by atoms with Crippen molar-refractivity contribution in [3.05, 3.63) is 118 Å². The Balaban J connectivity index is 1.04. The Bertz CT molecular complexity index is 2020. The first-order valence-corrected chi connectivity index (χ1v) is 21.1. The molecule has 1 fully saturated rings. The molecule has 4 N–H and O–H groups in total. The van der Waals surface area contributed by atoms with E-state index in [1.807, 2.05) is 54.7 Å². The molecule has 1 aromatic heterocycles. The average Bonchev–Trinajstić information content (AvgIpc) is 3.48. The summed E-state index contributed by atoms with van der Waals surface area (Å²) in [5, 5.41) is 27.6. The highest BCUT2D eigenvalue weighted by Gasteiger charge is 2.54. The first-order valence-electron chi connectivity index (χ1n) is 20.7. The molecule has 4 atom stereocenters. The molecular formula is C47H56ClN3O6. The standard InChI is InChI=1S/C47H56ClN3O6/c1-31(30-57-41-18-24-49-40-15-8-10-32(2)42(40)41)26-35-27-34-16-17-38(56-25-7-6-23-50-43(44(52)53)33-11-4-3-5-12-33)29-39(34)46(35)19-21-47(22-20-46,45(54)55)51-37-14-9-13-36(48)28-37/h3-5,9,11-14,16-18,24,28-29,31-32,35,43,50-51H,6-8,10,15,19-23,25-27,30H2,1-2H3,(H,52,53)(H,54,55)/t31-,32-,35?,43?,46?,47?/m1/s1. The topological polar surface area (TPSA) is 130 Å². The number of carboxylic acid groups (broad SMARTS) is 2. The number of aliphatic carboxylic acids is 2. The zero-order valence-electron chi connectivity index (χ0n) is 33.1. The molecule has 7 rings (SSSR count). The van der Waals surface area contributed by atoms with Crippen molar-refractivity contribution in [1.82, 2.24) is 10.3 Å². The normalized spacial score (nSPS) is 23.6. The molecule has 4 aromatic rings. The van der Waals surface area contributed by atoms with E-state index in [9.17, 15) is 19.8 Å². The number of hydrogen-bond donors (Lipinski definition) is 4. The summed E-state index contributed by atoms with van der Waals surface area (Å²) in [6.07, 6.45) is 11.1. The second-order valence-electron chi connectivity index (χ2n) is 16.7. The minimum absolute atomic E-state index is 0.199. The zero-order chi connectivity index (χ0) is 40.0. The van der Waals surface area contributed by atoms with Gasteiger partial charge in [0.15, 0.2) is 0 Å². The number of nitrogens with one attached hydrogen (secondary N) is 2. The number of rotatable bonds is 17. The predicted molar refractivity (Wildman–Crippen MR) is 224 cm³/mol. The van der Waals surface area contributed by atoms with Gasteiger partial charge in [0, 0.05) is 28.2 Å². The van der Waals surface area contributed by atoms with Crippen LogP contribution in [0.25, 0.3) is 0 Å². The van der Waals surface area contributed by atoms with Crippen LogP contribution in [0, 0.1) is 11.8 Å². The molecule has 1 heterocycles. The van der Waals surface area contributed by atoms with Crippen LogP contribution >= 0.6 is 11.6 Å². The molecule has 57 heavy (non-hydrogen) atoms. The van der Waals surface area contributed by atoms with Gasteiger partial charge in [0.25, 0.3) is 0 Å². The summed E-state index contributed by atoms with van der Waals surface area (Å²) in [7, 11) is 0. The molecule has 302 valence electrons. The molecule has 0 amide bonds. The second-order valence-corrected chi connectivity index (χ2v) is 17.1. The van der Waals surface area contributed by atoms with Crippen molar-refractivity contribution in [1.29, 1.82) is 0 Å². The molecule has 3 aromatic carbocycles. The lowest BCUT2D eigenvalue weighted by Gasteiger charge is -2.47. The smallest absolute Gasteiger partial charge is 0.329 e. The minimum Gasteiger partial charge on any atom is -0.494 e. The molecule has 0 saturated heterocycles. The van der Waals surface area contributed by atoms with Crippen LogP contribution in [0.15, 0.2) is 85.1 Å². The molecular weight excluding hydrogens is 738 g/mol. The largest absolute Gasteiger partial charge is 0.494 e. The molecule has 1 saturated carbocycles. The highest BCUT2D eigenvalue weighted by molar-refractivity contribution is 6.30. The maximum absolute atomic E-state index is 13.0. The molecule has 0 aliphatic heterocycles. The number of halogens is 1. The van der Waals surface area contributed by atoms with Gasteiger partial charge < -0.3 is 30.3 Å². The monoisotopic (exact) mass is 793 g/mol. The maximum atomic E-state index is 13.0. The number of benzene rings is 3. The quantitative estimate of drug-likeness (QED) is 0.0772. The van der Waals surface area contributed by atoms with Crippen molar-refractivity contribution >= 4 is 29.2 Å². The van der Waals surface area contributed by atoms with E-state index >= 15 is 0 Å². The zero-order valence-corrected chi connectivity index (χ0v) is 33.9. The van der Waals surface area contributed by atoms with Crippen LogP contribution < -0.4 is 20.1 Å². The van der Waals surface area contributed by atoms with Crippen molar-refractivity contribution in [2.45, 2.75) is 107 Å². The van der Waals surface area contributed by atoms with Crippen molar-refractivity contribution in [3.63, 3.8) is 0 Å². The van der Waals surface area contributed by atoms with Crippen molar-refractivity contribution < 1.29 is 29.3 Å². The fraction of sp³-hybridized carbons (Fsp3) is 0.468. The molecule has 3 aliphatic rings. The van der Waals surface area contributed by atoms with Crippen LogP contribution in [-0.4, -0.2) is 52.4 Å². The maximum Gasteiger partial charge on any atom is 0.329 e. The summed E-state index contributed by atoms with van der Waals surface area (Å²) in [6.45, 7) is 6.24. The summed E-state index contributed by atoms with van der Waals surface area (Å²) < 4.78 is 12.9. The Kier molecular flexibility index (Phi) is 12.7. The summed E-state index contributed by atoms with van der Waals surface area (Å²) in [4.78, 5) is 29.6. The number of fused-ring (bicyclic) bond motifs is 3. The van der Waals surface area contributed by atoms with Gasteiger partial charge in [-0.25, -0.2) is 4.79 Å². The highest BCUT2D eigenvalue weighted by Crippen LogP contribution is 2.57. The van der Waals surface area contributed by atoms with Gasteiger partial charge >= 0.3 is 11.9 Å². The number of aromatic nitrogens is 1. The lowest BCUT2D eigenvalue weighted by molar-refractivity contribution is -0.144. The van der Waals surface area contributed by atoms with Crippen LogP contribution in [0.2, 0.25) is 5.02 Å². The first kappa shape index (κ1) is 40.6. The summed E-state index contributed by atoms with van der Waals surface area (Å²) in [6, 6.07) is 24.3. The number of nitrogens with zero attached hydrogens (tertiary/aromatic N) is 1. The van der Waals surface area contributed by atoms with Crippen LogP contribution in [0.5, 0.6) is 11.5 Å². The molecule has 2 unspecified atom stereocenters. The molecule has 10 heteroatoms. The average molecular weight is 794 g/mol. The number of aryl methyl sites for hydroxylation is 1. The van der Waals surface area contributed by atoms with Crippen LogP contribution in [0.1, 0.15) is 112 Å². The minimum atomic E-state index is -1.10. The Morgan fingerprint density at radius 3 is 2.53 bits per heavy atom. The van der Waals surface area contributed by atoms with Crippen molar-refractivity contribution in [2.75, 3.05) is 25.1 Å². The number of hydrogen-bond acceptors (Lipinski definition) is 7. The first-order chi connectivity index (χ1) is 27.6. The number of unbranched alkanes of at least 4 members (excludes halogenated alkanes) is 1. The Morgan fingerprint density at radius 1 is 0.965 bits per heavy atom. The van der Waals surface area contributed by atoms with Gasteiger partial charge in [-0.1, -0.05) is 67.9 Å². The number of carboxylic acids is 2. The third-order valence-electron chi connectivity index (χ3n) is 12.8. The highest BCUT2D eigenvalue weighted by atomic mass is 35.5. The predicted octanol–water partition coefficient (Wildman–Crippen LogP) is 9.77. The summed E-state index contributed by atoms with van der Waals surface area (Å²) in [5.41, 5.74) is 5.19. The van der Waals surface area contributed by atoms with Gasteiger partial charge in [0.2, 0.25) is 0 Å². The summed E-state index contributed by atoms with van der Waals surface area (Å²) in [5.74, 6) is 1.09. The molecule has 0 bridgehead atoms. The van der Waals surface area contributed by atoms with Gasteiger partial charge in [-0.05, 0) is 153 Å². The number of anilines is 1. The van der Waals surface area contributed by atoms with Crippen LogP contribution in [0.4, 0.5) is 5.69 Å². The van der Waals surface area contributed by atoms with Gasteiger partial charge in [-0.3, -0.25) is 9.78 Å². The van der Waals surface area contributed by atoms with Gasteiger partial charge in [-0.15, -0.1) is 0 Å². The Hall–Kier alpha value is -4.60. The number of pyridine rings is 1. The van der Waals surface area contributed by atoms with Gasteiger partial charge in [0.1, 0.15) is 23.1 Å². The van der Waals surface area contributed by atoms with Crippen molar-refractivity contribution in [3.8, 4) is 11.5 Å². The van der Waals surface area contributed by atoms with E-state index in [0.29, 0.717) is 55.1 Å². The Labute approximate surface area is 341 Å². The SMILES string of the molecule is C[C@@H](COc1ccnc2c1[C@H](C)CCC2)CC1Cc2ccc(OCCCCNC(C(=O)O)c3ccccc3)cc2C12CCC(Nc1cccc(Cl)c1)(C(=O)O)CC2. The van der Waals surface area contributed by atoms with Crippen LogP contribution in [0.3, 0.4) is 0 Å². The van der Waals surface area contributed by atoms with E-state index < -0.39 is 23.5 Å². The fourth-order valence-electron chi connectivity index (χ4n) is 9.82. The lowest BCUT2D eigenvalue weighted by atomic mass is 9.59. The molecule has 1 spiro atoms. The van der Waals surface area contributed by atoms with E-state index in [-0.39, 0.29) is 11.3 Å². The van der Waals surface area contributed by atoms with E-state index in [4.69, 9.17) is 21.1 Å². The Morgan fingerprint density at radius 2 is 1.77 bits per heavy atom. The number of carbonyl (C=O) groups is 2. The second kappa shape index (κ2) is 17.9. The van der Waals surface area contributed by atoms with Crippen LogP contribution in [-0.2, 0) is 27.8 Å². The van der Waals surface area contributed by atoms with Crippen molar-refractivity contribution in [2.24, 2.45) is 11.8 Å². The third-order valence-corrected chi connectivity index (χ3v) is 13.1. The fourth-order valence-corrected chi connectivity index (χ4v) is 10.0. The summed E-state index contributed by atoms with van der Waals surface area (Å²) >= 11 is 6.30. The van der Waals surface area contributed by atoms with E-state index in [1.165, 1.54) is 22.4 Å². The van der Waals surface area contributed by atoms with E-state index in [1.54, 1.807) is 12.1 Å². The third kappa shape index (κ3) is 9.10. The molecule has 9 nitrogen and oxygen atoms in total. The number of ether oxygens (including phenoxy) is 2. The van der Waals surface area contributed by atoms with Gasteiger partial charge in [-0.2, -0.15) is 0 Å². The molecule has 0 radical (unpaired) electrons. The van der Waals surface area contributed by atoms with E-state index in [0.717, 1.165) is 74.8 Å². The van der Waals surface area contributed by atoms with E-state index in [2.05, 4.69) is 47.7 Å².